The van der Waals surface area contributed by atoms with Crippen molar-refractivity contribution < 1.29 is 28.6 Å². The second-order valence-corrected chi connectivity index (χ2v) is 7.48. The standard InChI is InChI=1S/C25H28N2O6/c1-4-5-6-7-14-33-21-13-8-17(16-22(21)32-3)15-20-23(28)26-25(30)27(24(20)29)18-9-11-19(31-2)12-10-18/h8-13,15-16H,4-7,14H2,1-3H3,(H,26,28,30)/b20-15+. The van der Waals surface area contributed by atoms with Crippen LogP contribution in [0.1, 0.15) is 38.2 Å². The highest BCUT2D eigenvalue weighted by Crippen LogP contribution is 2.30. The SMILES string of the molecule is CCCCCCOc1ccc(/C=C2\C(=O)NC(=O)N(c3ccc(OC)cc3)C2=O)cc1OC. The Labute approximate surface area is 193 Å². The summed E-state index contributed by atoms with van der Waals surface area (Å²) in [6.07, 6.45) is 5.80. The van der Waals surface area contributed by atoms with Crippen LogP contribution in [-0.2, 0) is 9.59 Å². The van der Waals surface area contributed by atoms with Crippen LogP contribution in [0.15, 0.2) is 48.0 Å². The first-order valence-corrected chi connectivity index (χ1v) is 10.8. The van der Waals surface area contributed by atoms with Gasteiger partial charge in [-0.05, 0) is 54.5 Å². The molecular formula is C25H28N2O6. The lowest BCUT2D eigenvalue weighted by molar-refractivity contribution is -0.122. The molecule has 33 heavy (non-hydrogen) atoms. The van der Waals surface area contributed by atoms with Gasteiger partial charge in [0.1, 0.15) is 11.3 Å². The van der Waals surface area contributed by atoms with Crippen molar-refractivity contribution in [3.8, 4) is 17.2 Å². The molecule has 2 aromatic carbocycles. The molecule has 2 aromatic rings. The number of barbiturate groups is 1. The highest BCUT2D eigenvalue weighted by atomic mass is 16.5. The zero-order valence-electron chi connectivity index (χ0n) is 19.1. The minimum absolute atomic E-state index is 0.166. The van der Waals surface area contributed by atoms with Crippen molar-refractivity contribution in [3.63, 3.8) is 0 Å². The van der Waals surface area contributed by atoms with E-state index in [2.05, 4.69) is 12.2 Å². The molecule has 1 N–H and O–H groups in total. The molecule has 1 aliphatic heterocycles. The maximum Gasteiger partial charge on any atom is 0.335 e. The van der Waals surface area contributed by atoms with Gasteiger partial charge >= 0.3 is 6.03 Å². The number of nitrogens with zero attached hydrogens (tertiary/aromatic N) is 1. The van der Waals surface area contributed by atoms with E-state index in [1.165, 1.54) is 26.7 Å². The third kappa shape index (κ3) is 5.71. The van der Waals surface area contributed by atoms with E-state index in [0.29, 0.717) is 35.1 Å². The highest BCUT2D eigenvalue weighted by molar-refractivity contribution is 6.39. The summed E-state index contributed by atoms with van der Waals surface area (Å²) in [6.45, 7) is 2.73. The van der Waals surface area contributed by atoms with E-state index in [-0.39, 0.29) is 5.57 Å². The van der Waals surface area contributed by atoms with E-state index in [4.69, 9.17) is 14.2 Å². The number of rotatable bonds is 10. The molecule has 3 rings (SSSR count). The predicted octanol–water partition coefficient (Wildman–Crippen LogP) is 4.33. The number of imide groups is 2. The number of anilines is 1. The molecule has 8 nitrogen and oxygen atoms in total. The Bertz CT molecular complexity index is 1050. The number of carbonyl (C=O) groups excluding carboxylic acids is 3. The summed E-state index contributed by atoms with van der Waals surface area (Å²) < 4.78 is 16.3. The number of ether oxygens (including phenoxy) is 3. The summed E-state index contributed by atoms with van der Waals surface area (Å²) in [7, 11) is 3.04. The number of nitrogens with one attached hydrogen (secondary N) is 1. The largest absolute Gasteiger partial charge is 0.497 e. The van der Waals surface area contributed by atoms with Crippen LogP contribution in [0, 0.1) is 0 Å². The van der Waals surface area contributed by atoms with Gasteiger partial charge in [0.05, 0.1) is 26.5 Å². The van der Waals surface area contributed by atoms with E-state index in [1.54, 1.807) is 42.5 Å². The van der Waals surface area contributed by atoms with Crippen LogP contribution < -0.4 is 24.4 Å². The monoisotopic (exact) mass is 452 g/mol. The third-order valence-corrected chi connectivity index (χ3v) is 5.19. The molecule has 1 heterocycles. The lowest BCUT2D eigenvalue weighted by Crippen LogP contribution is -2.54. The van der Waals surface area contributed by atoms with E-state index >= 15 is 0 Å². The van der Waals surface area contributed by atoms with Gasteiger partial charge in [-0.25, -0.2) is 9.69 Å². The number of hydrogen-bond acceptors (Lipinski definition) is 6. The Balaban J connectivity index is 1.82. The van der Waals surface area contributed by atoms with Gasteiger partial charge in [-0.1, -0.05) is 32.3 Å². The van der Waals surface area contributed by atoms with Gasteiger partial charge in [0.15, 0.2) is 11.5 Å². The maximum absolute atomic E-state index is 13.0. The fourth-order valence-corrected chi connectivity index (χ4v) is 3.39. The van der Waals surface area contributed by atoms with E-state index < -0.39 is 17.8 Å². The second-order valence-electron chi connectivity index (χ2n) is 7.48. The maximum atomic E-state index is 13.0. The van der Waals surface area contributed by atoms with E-state index in [1.807, 2.05) is 0 Å². The molecule has 0 unspecified atom stereocenters. The summed E-state index contributed by atoms with van der Waals surface area (Å²) in [5, 5.41) is 2.21. The fourth-order valence-electron chi connectivity index (χ4n) is 3.39. The Morgan fingerprint density at radius 2 is 1.67 bits per heavy atom. The highest BCUT2D eigenvalue weighted by Gasteiger charge is 2.36. The molecule has 0 saturated carbocycles. The smallest absolute Gasteiger partial charge is 0.335 e. The van der Waals surface area contributed by atoms with E-state index in [9.17, 15) is 14.4 Å². The first-order valence-electron chi connectivity index (χ1n) is 10.8. The minimum Gasteiger partial charge on any atom is -0.497 e. The molecule has 4 amide bonds. The molecule has 0 aromatic heterocycles. The summed E-state index contributed by atoms with van der Waals surface area (Å²) in [4.78, 5) is 38.7. The Hall–Kier alpha value is -3.81. The van der Waals surface area contributed by atoms with Gasteiger partial charge in [-0.15, -0.1) is 0 Å². The summed E-state index contributed by atoms with van der Waals surface area (Å²) in [6, 6.07) is 10.7. The van der Waals surface area contributed by atoms with Gasteiger partial charge in [-0.3, -0.25) is 14.9 Å². The van der Waals surface area contributed by atoms with Gasteiger partial charge in [0.2, 0.25) is 0 Å². The second kappa shape index (κ2) is 11.2. The van der Waals surface area contributed by atoms with Crippen molar-refractivity contribution in [1.82, 2.24) is 5.32 Å². The Morgan fingerprint density at radius 1 is 0.909 bits per heavy atom. The third-order valence-electron chi connectivity index (χ3n) is 5.19. The number of urea groups is 1. The molecule has 1 fully saturated rings. The normalized spacial score (nSPS) is 14.9. The Kier molecular flexibility index (Phi) is 8.07. The summed E-state index contributed by atoms with van der Waals surface area (Å²) >= 11 is 0. The predicted molar refractivity (Wildman–Crippen MR) is 125 cm³/mol. The molecule has 0 spiro atoms. The van der Waals surface area contributed by atoms with Gasteiger partial charge in [0, 0.05) is 0 Å². The fraction of sp³-hybridized carbons (Fsp3) is 0.320. The zero-order valence-corrected chi connectivity index (χ0v) is 19.1. The van der Waals surface area contributed by atoms with Crippen LogP contribution in [-0.4, -0.2) is 38.7 Å². The molecule has 8 heteroatoms. The van der Waals surface area contributed by atoms with Crippen LogP contribution in [0.5, 0.6) is 17.2 Å². The van der Waals surface area contributed by atoms with Crippen LogP contribution in [0.4, 0.5) is 10.5 Å². The molecular weight excluding hydrogens is 424 g/mol. The number of hydrogen-bond donors (Lipinski definition) is 1. The molecule has 0 aliphatic carbocycles. The summed E-state index contributed by atoms with van der Waals surface area (Å²) in [5.41, 5.74) is 0.717. The average molecular weight is 453 g/mol. The van der Waals surface area contributed by atoms with Gasteiger partial charge in [-0.2, -0.15) is 0 Å². The Morgan fingerprint density at radius 3 is 2.33 bits per heavy atom. The van der Waals surface area contributed by atoms with Gasteiger partial charge in [0.25, 0.3) is 11.8 Å². The quantitative estimate of drug-likeness (QED) is 0.328. The molecule has 0 atom stereocenters. The lowest BCUT2D eigenvalue weighted by atomic mass is 10.1. The summed E-state index contributed by atoms with van der Waals surface area (Å²) in [5.74, 6) is 0.182. The van der Waals surface area contributed by atoms with Crippen LogP contribution in [0.25, 0.3) is 6.08 Å². The van der Waals surface area contributed by atoms with Crippen LogP contribution in [0.3, 0.4) is 0 Å². The van der Waals surface area contributed by atoms with E-state index in [0.717, 1.165) is 24.2 Å². The molecule has 174 valence electrons. The van der Waals surface area contributed by atoms with Crippen molar-refractivity contribution in [2.24, 2.45) is 0 Å². The number of unbranched alkanes of at least 4 members (excludes halogenated alkanes) is 3. The lowest BCUT2D eigenvalue weighted by Gasteiger charge is -2.26. The van der Waals surface area contributed by atoms with Crippen LogP contribution >= 0.6 is 0 Å². The zero-order chi connectivity index (χ0) is 23.8. The van der Waals surface area contributed by atoms with Crippen molar-refractivity contribution >= 4 is 29.6 Å². The molecule has 1 saturated heterocycles. The number of methoxy groups -OCH3 is 2. The number of benzene rings is 2. The minimum atomic E-state index is -0.809. The molecule has 1 aliphatic rings. The van der Waals surface area contributed by atoms with Crippen molar-refractivity contribution in [1.29, 1.82) is 0 Å². The first kappa shape index (κ1) is 23.8. The number of amides is 4. The molecule has 0 radical (unpaired) electrons. The number of carbonyl (C=O) groups is 3. The van der Waals surface area contributed by atoms with Crippen molar-refractivity contribution in [3.05, 3.63) is 53.6 Å². The van der Waals surface area contributed by atoms with Crippen LogP contribution in [0.2, 0.25) is 0 Å². The average Bonchev–Trinajstić information content (AvgIpc) is 2.82. The first-order chi connectivity index (χ1) is 16.0. The molecule has 0 bridgehead atoms. The topological polar surface area (TPSA) is 94.2 Å². The van der Waals surface area contributed by atoms with Gasteiger partial charge < -0.3 is 14.2 Å². The van der Waals surface area contributed by atoms with Crippen molar-refractivity contribution in [2.45, 2.75) is 32.6 Å². The van der Waals surface area contributed by atoms with Crippen molar-refractivity contribution in [2.75, 3.05) is 25.7 Å².